The zero-order chi connectivity index (χ0) is 72.1. The Hall–Kier alpha value is -1.94. The van der Waals surface area contributed by atoms with Gasteiger partial charge in [0.1, 0.15) is 19.3 Å². The molecule has 0 radical (unpaired) electrons. The van der Waals surface area contributed by atoms with Gasteiger partial charge in [0, 0.05) is 25.7 Å². The lowest BCUT2D eigenvalue weighted by atomic mass is 10.0. The Morgan fingerprint density at radius 1 is 0.276 bits per heavy atom. The van der Waals surface area contributed by atoms with E-state index in [2.05, 4.69) is 41.5 Å². The molecule has 0 aromatic heterocycles. The molecule has 0 amide bonds. The smallest absolute Gasteiger partial charge is 0.462 e. The number of carbonyl (C=O) groups is 4. The summed E-state index contributed by atoms with van der Waals surface area (Å²) in [7, 11) is -9.90. The molecule has 3 N–H and O–H groups in total. The van der Waals surface area contributed by atoms with E-state index in [9.17, 15) is 43.2 Å². The summed E-state index contributed by atoms with van der Waals surface area (Å²) >= 11 is 0. The van der Waals surface area contributed by atoms with Crippen molar-refractivity contribution in [1.29, 1.82) is 0 Å². The molecule has 0 spiro atoms. The Morgan fingerprint density at radius 2 is 0.469 bits per heavy atom. The first-order chi connectivity index (χ1) is 47.4. The number of esters is 4. The van der Waals surface area contributed by atoms with E-state index in [0.717, 1.165) is 108 Å². The molecule has 0 heterocycles. The van der Waals surface area contributed by atoms with Gasteiger partial charge < -0.3 is 33.8 Å². The van der Waals surface area contributed by atoms with Gasteiger partial charge in [-0.05, 0) is 37.5 Å². The van der Waals surface area contributed by atoms with Gasteiger partial charge in [0.25, 0.3) is 0 Å². The maximum atomic E-state index is 13.1. The third kappa shape index (κ3) is 72.4. The maximum absolute atomic E-state index is 13.1. The molecule has 582 valence electrons. The van der Waals surface area contributed by atoms with E-state index in [4.69, 9.17) is 37.0 Å². The van der Waals surface area contributed by atoms with Crippen LogP contribution in [0.5, 0.6) is 0 Å². The highest BCUT2D eigenvalue weighted by Gasteiger charge is 2.30. The van der Waals surface area contributed by atoms with Crippen LogP contribution in [-0.4, -0.2) is 96.7 Å². The van der Waals surface area contributed by atoms with Gasteiger partial charge in [0.05, 0.1) is 26.4 Å². The highest BCUT2D eigenvalue weighted by Crippen LogP contribution is 2.45. The summed E-state index contributed by atoms with van der Waals surface area (Å²) in [5.74, 6) is -0.566. The Labute approximate surface area is 600 Å². The molecule has 0 aromatic carbocycles. The maximum Gasteiger partial charge on any atom is 0.472 e. The molecule has 0 aliphatic rings. The van der Waals surface area contributed by atoms with Gasteiger partial charge in [0.15, 0.2) is 12.2 Å². The largest absolute Gasteiger partial charge is 0.472 e. The Bertz CT molecular complexity index is 1890. The van der Waals surface area contributed by atoms with Gasteiger partial charge >= 0.3 is 39.5 Å². The van der Waals surface area contributed by atoms with Gasteiger partial charge in [-0.1, -0.05) is 363 Å². The normalized spacial score (nSPS) is 13.9. The molecular weight excluding hydrogens is 1280 g/mol. The minimum atomic E-state index is -4.96. The van der Waals surface area contributed by atoms with E-state index in [1.807, 2.05) is 0 Å². The molecule has 0 saturated heterocycles. The lowest BCUT2D eigenvalue weighted by molar-refractivity contribution is -0.161. The number of hydrogen-bond acceptors (Lipinski definition) is 15. The summed E-state index contributed by atoms with van der Waals surface area (Å²) in [6.45, 7) is 9.54. The van der Waals surface area contributed by atoms with Crippen molar-refractivity contribution in [3.05, 3.63) is 0 Å². The number of ether oxygens (including phenoxy) is 4. The van der Waals surface area contributed by atoms with E-state index in [-0.39, 0.29) is 25.7 Å². The number of unbranched alkanes of at least 4 members (excludes halogenated alkanes) is 48. The quantitative estimate of drug-likeness (QED) is 0.0222. The van der Waals surface area contributed by atoms with Gasteiger partial charge in [-0.15, -0.1) is 0 Å². The molecule has 5 atom stereocenters. The van der Waals surface area contributed by atoms with Crippen LogP contribution in [-0.2, 0) is 65.4 Å². The lowest BCUT2D eigenvalue weighted by Gasteiger charge is -2.21. The molecule has 0 saturated carbocycles. The molecule has 0 aromatic rings. The third-order valence-electron chi connectivity index (χ3n) is 18.5. The van der Waals surface area contributed by atoms with E-state index in [1.54, 1.807) is 0 Å². The van der Waals surface area contributed by atoms with E-state index in [0.29, 0.717) is 25.7 Å². The van der Waals surface area contributed by atoms with Gasteiger partial charge in [-0.25, -0.2) is 9.13 Å². The van der Waals surface area contributed by atoms with Crippen LogP contribution in [0.3, 0.4) is 0 Å². The number of aliphatic hydroxyl groups excluding tert-OH is 1. The van der Waals surface area contributed by atoms with Crippen LogP contribution in [0.1, 0.15) is 414 Å². The number of phosphoric ester groups is 2. The monoisotopic (exact) mass is 1440 g/mol. The van der Waals surface area contributed by atoms with Crippen molar-refractivity contribution in [2.75, 3.05) is 39.6 Å². The Balaban J connectivity index is 5.11. The van der Waals surface area contributed by atoms with Crippen LogP contribution >= 0.6 is 15.6 Å². The first-order valence-corrected chi connectivity index (χ1v) is 44.0. The fourth-order valence-corrected chi connectivity index (χ4v) is 13.8. The van der Waals surface area contributed by atoms with Crippen molar-refractivity contribution in [3.63, 3.8) is 0 Å². The molecule has 98 heavy (non-hydrogen) atoms. The molecule has 0 aliphatic carbocycles. The van der Waals surface area contributed by atoms with E-state index < -0.39 is 97.5 Å². The summed E-state index contributed by atoms with van der Waals surface area (Å²) in [5.41, 5.74) is 0. The molecule has 19 heteroatoms. The van der Waals surface area contributed by atoms with Crippen LogP contribution in [0, 0.1) is 11.8 Å². The minimum absolute atomic E-state index is 0.105. The molecule has 0 aliphatic heterocycles. The molecule has 0 rings (SSSR count). The molecule has 0 bridgehead atoms. The number of hydrogen-bond donors (Lipinski definition) is 3. The average Bonchev–Trinajstić information content (AvgIpc) is 1.00. The van der Waals surface area contributed by atoms with Crippen LogP contribution in [0.25, 0.3) is 0 Å². The predicted molar refractivity (Wildman–Crippen MR) is 400 cm³/mol. The fourth-order valence-electron chi connectivity index (χ4n) is 12.2. The average molecular weight is 1440 g/mol. The molecule has 0 fully saturated rings. The standard InChI is InChI=1S/C79H154O17P2/c1-7-9-11-13-14-15-16-17-18-19-20-21-22-23-24-27-31-34-40-45-51-57-63-79(84)96-75(68-90-77(82)62-56-50-44-39-33-30-28-25-26-29-32-37-42-48-53-59-71(3)4)70-94-98(87,88)92-66-73(80)65-91-97(85,86)93-69-74(67-89-76(81)61-55-47-12-10-8-2)95-78(83)64-58-52-46-41-36-35-38-43-49-54-60-72(5)6/h71-75,80H,7-70H2,1-6H3,(H,85,86)(H,87,88)/t73-,74+,75+/m0/s1. The van der Waals surface area contributed by atoms with Gasteiger partial charge in [-0.2, -0.15) is 0 Å². The molecule has 2 unspecified atom stereocenters. The second-order valence-electron chi connectivity index (χ2n) is 29.4. The zero-order valence-electron chi connectivity index (χ0n) is 64.1. The highest BCUT2D eigenvalue weighted by molar-refractivity contribution is 7.47. The van der Waals surface area contributed by atoms with Crippen molar-refractivity contribution in [3.8, 4) is 0 Å². The van der Waals surface area contributed by atoms with Crippen LogP contribution in [0.15, 0.2) is 0 Å². The van der Waals surface area contributed by atoms with Crippen LogP contribution in [0.4, 0.5) is 0 Å². The van der Waals surface area contributed by atoms with Crippen molar-refractivity contribution < 1.29 is 80.2 Å². The van der Waals surface area contributed by atoms with Crippen molar-refractivity contribution >= 4 is 39.5 Å². The number of carbonyl (C=O) groups excluding carboxylic acids is 4. The summed E-state index contributed by atoms with van der Waals surface area (Å²) < 4.78 is 68.4. The minimum Gasteiger partial charge on any atom is -0.462 e. The second-order valence-corrected chi connectivity index (χ2v) is 32.3. The van der Waals surface area contributed by atoms with Crippen LogP contribution in [0.2, 0.25) is 0 Å². The number of phosphoric acid groups is 2. The predicted octanol–water partition coefficient (Wildman–Crippen LogP) is 23.5. The summed E-state index contributed by atoms with van der Waals surface area (Å²) in [6.07, 6.45) is 60.3. The summed E-state index contributed by atoms with van der Waals surface area (Å²) in [6, 6.07) is 0. The first-order valence-electron chi connectivity index (χ1n) is 41.0. The number of rotatable bonds is 78. The molecular formula is C79H154O17P2. The lowest BCUT2D eigenvalue weighted by Crippen LogP contribution is -2.30. The molecule has 17 nitrogen and oxygen atoms in total. The summed E-state index contributed by atoms with van der Waals surface area (Å²) in [4.78, 5) is 72.6. The SMILES string of the molecule is CCCCCCCCCCCCCCCCCCCCCCCCC(=O)O[C@H](COC(=O)CCCCCCCCCCCCCCCCCC(C)C)COP(=O)(O)OC[C@@H](O)COP(=O)(O)OC[C@@H](COC(=O)CCCCCCC)OC(=O)CCCCCCCCCCCCC(C)C. The van der Waals surface area contributed by atoms with E-state index >= 15 is 0 Å². The van der Waals surface area contributed by atoms with Crippen molar-refractivity contribution in [1.82, 2.24) is 0 Å². The van der Waals surface area contributed by atoms with Crippen molar-refractivity contribution in [2.24, 2.45) is 11.8 Å². The Morgan fingerprint density at radius 3 is 0.694 bits per heavy atom. The van der Waals surface area contributed by atoms with E-state index in [1.165, 1.54) is 225 Å². The second kappa shape index (κ2) is 70.7. The fraction of sp³-hybridized carbons (Fsp3) is 0.949. The van der Waals surface area contributed by atoms with Crippen LogP contribution < -0.4 is 0 Å². The first kappa shape index (κ1) is 96.1. The zero-order valence-corrected chi connectivity index (χ0v) is 65.9. The van der Waals surface area contributed by atoms with Gasteiger partial charge in [-0.3, -0.25) is 37.3 Å². The van der Waals surface area contributed by atoms with Gasteiger partial charge in [0.2, 0.25) is 0 Å². The number of aliphatic hydroxyl groups is 1. The summed E-state index contributed by atoms with van der Waals surface area (Å²) in [5, 5.41) is 10.6. The highest BCUT2D eigenvalue weighted by atomic mass is 31.2. The Kier molecular flexibility index (Phi) is 69.3. The topological polar surface area (TPSA) is 237 Å². The third-order valence-corrected chi connectivity index (χ3v) is 20.4. The van der Waals surface area contributed by atoms with Crippen molar-refractivity contribution in [2.45, 2.75) is 432 Å².